The lowest BCUT2D eigenvalue weighted by Gasteiger charge is -2.29. The number of carbonyl (C=O) groups is 2. The molecule has 1 aliphatic carbocycles. The fraction of sp³-hybridized carbons (Fsp3) is 0.560. The van der Waals surface area contributed by atoms with Crippen LogP contribution in [0.1, 0.15) is 78.9 Å². The monoisotopic (exact) mass is 511 g/mol. The summed E-state index contributed by atoms with van der Waals surface area (Å²) in [5.74, 6) is -1.74. The zero-order chi connectivity index (χ0) is 25.8. The first-order valence-electron chi connectivity index (χ1n) is 11.9. The van der Waals surface area contributed by atoms with Gasteiger partial charge in [0.15, 0.2) is 5.13 Å². The Balaban J connectivity index is 0.000000429. The number of anilines is 2. The molecule has 2 N–H and O–H groups in total. The minimum atomic E-state index is -5.08. The van der Waals surface area contributed by atoms with Crippen molar-refractivity contribution in [2.75, 3.05) is 23.3 Å². The Bertz CT molecular complexity index is 1040. The summed E-state index contributed by atoms with van der Waals surface area (Å²) in [6.07, 6.45) is 1.93. The Labute approximate surface area is 207 Å². The second-order valence-electron chi connectivity index (χ2n) is 9.44. The van der Waals surface area contributed by atoms with E-state index in [2.05, 4.69) is 43.1 Å². The second-order valence-corrected chi connectivity index (χ2v) is 10.5. The Morgan fingerprint density at radius 2 is 1.80 bits per heavy atom. The number of benzene rings is 1. The third-order valence-electron chi connectivity index (χ3n) is 6.32. The normalized spacial score (nSPS) is 16.4. The number of fused-ring (bicyclic) bond motifs is 1. The van der Waals surface area contributed by atoms with Crippen LogP contribution in [0.5, 0.6) is 0 Å². The molecular weight excluding hydrogens is 479 g/mol. The number of hydrogen-bond donors (Lipinski definition) is 2. The second kappa shape index (κ2) is 11.4. The minimum Gasteiger partial charge on any atom is -0.475 e. The van der Waals surface area contributed by atoms with E-state index in [4.69, 9.17) is 14.9 Å². The fourth-order valence-corrected chi connectivity index (χ4v) is 5.41. The van der Waals surface area contributed by atoms with Gasteiger partial charge in [0.25, 0.3) is 5.91 Å². The molecule has 2 aromatic rings. The first-order valence-corrected chi connectivity index (χ1v) is 12.8. The number of aromatic nitrogens is 1. The van der Waals surface area contributed by atoms with Crippen molar-refractivity contribution < 1.29 is 27.9 Å². The number of aliphatic carboxylic acids is 1. The van der Waals surface area contributed by atoms with E-state index in [0.717, 1.165) is 47.5 Å². The highest BCUT2D eigenvalue weighted by molar-refractivity contribution is 7.16. The minimum absolute atomic E-state index is 0.0597. The molecule has 0 bridgehead atoms. The van der Waals surface area contributed by atoms with E-state index < -0.39 is 12.1 Å². The van der Waals surface area contributed by atoms with Gasteiger partial charge in [-0.3, -0.25) is 4.79 Å². The van der Waals surface area contributed by atoms with Crippen LogP contribution in [0.2, 0.25) is 0 Å². The van der Waals surface area contributed by atoms with Crippen LogP contribution >= 0.6 is 11.3 Å². The Hall–Kier alpha value is -2.62. The van der Waals surface area contributed by atoms with E-state index in [1.165, 1.54) is 36.8 Å². The maximum Gasteiger partial charge on any atom is 0.490 e. The fourth-order valence-electron chi connectivity index (χ4n) is 4.29. The average Bonchev–Trinajstić information content (AvgIpc) is 3.26. The average molecular weight is 512 g/mol. The van der Waals surface area contributed by atoms with E-state index >= 15 is 0 Å². The number of alkyl halides is 3. The number of halogens is 3. The van der Waals surface area contributed by atoms with Crippen LogP contribution in [-0.2, 0) is 17.6 Å². The van der Waals surface area contributed by atoms with Gasteiger partial charge in [-0.1, -0.05) is 32.9 Å². The van der Waals surface area contributed by atoms with Crippen molar-refractivity contribution in [1.82, 2.24) is 4.98 Å². The number of rotatable bonds is 4. The molecule has 1 amide bonds. The standard InChI is InChI=1S/C23H31N3OS.C2HF3O2/c1-15(2)21-20(25-23(28-21)26-13-11-16(3)12-14-26)22(27)24-19-10-6-8-17-7-4-5-9-18(17)19;3-2(4,5)1(6)7/h6,8,10,15-16H,4-5,7,9,11-14H2,1-3H3,(H,24,27);(H,6,7). The van der Waals surface area contributed by atoms with Crippen LogP contribution in [0.15, 0.2) is 18.2 Å². The number of hydrogen-bond acceptors (Lipinski definition) is 5. The van der Waals surface area contributed by atoms with E-state index in [-0.39, 0.29) is 5.91 Å². The molecule has 1 aromatic carbocycles. The van der Waals surface area contributed by atoms with Gasteiger partial charge < -0.3 is 15.3 Å². The summed E-state index contributed by atoms with van der Waals surface area (Å²) in [4.78, 5) is 30.4. The number of amides is 1. The van der Waals surface area contributed by atoms with Crippen LogP contribution in [0, 0.1) is 5.92 Å². The highest BCUT2D eigenvalue weighted by Crippen LogP contribution is 2.35. The van der Waals surface area contributed by atoms with Crippen LogP contribution in [0.25, 0.3) is 0 Å². The van der Waals surface area contributed by atoms with Crippen LogP contribution in [0.3, 0.4) is 0 Å². The van der Waals surface area contributed by atoms with Gasteiger partial charge in [-0.25, -0.2) is 9.78 Å². The first kappa shape index (κ1) is 27.0. The Morgan fingerprint density at radius 3 is 2.40 bits per heavy atom. The van der Waals surface area contributed by atoms with Crippen molar-refractivity contribution in [1.29, 1.82) is 0 Å². The van der Waals surface area contributed by atoms with Crippen molar-refractivity contribution in [3.8, 4) is 0 Å². The third-order valence-corrected chi connectivity index (χ3v) is 7.74. The van der Waals surface area contributed by atoms with Crippen molar-refractivity contribution in [3.05, 3.63) is 39.9 Å². The van der Waals surface area contributed by atoms with E-state index in [0.29, 0.717) is 11.6 Å². The molecule has 1 fully saturated rings. The molecule has 0 atom stereocenters. The summed E-state index contributed by atoms with van der Waals surface area (Å²) in [5, 5.41) is 11.3. The number of aryl methyl sites for hydroxylation is 1. The highest BCUT2D eigenvalue weighted by Gasteiger charge is 2.38. The number of carboxylic acids is 1. The zero-order valence-electron chi connectivity index (χ0n) is 20.2. The number of nitrogens with one attached hydrogen (secondary N) is 1. The summed E-state index contributed by atoms with van der Waals surface area (Å²) in [7, 11) is 0. The number of carboxylic acid groups (broad SMARTS) is 1. The molecule has 10 heteroatoms. The number of thiazole rings is 1. The van der Waals surface area contributed by atoms with Gasteiger partial charge in [0.2, 0.25) is 0 Å². The molecule has 1 saturated heterocycles. The van der Waals surface area contributed by atoms with Gasteiger partial charge in [0.05, 0.1) is 0 Å². The molecule has 1 aliphatic heterocycles. The van der Waals surface area contributed by atoms with Crippen molar-refractivity contribution in [3.63, 3.8) is 0 Å². The summed E-state index contributed by atoms with van der Waals surface area (Å²) >= 11 is 1.70. The third kappa shape index (κ3) is 6.96. The number of carbonyl (C=O) groups excluding carboxylic acids is 1. The largest absolute Gasteiger partial charge is 0.490 e. The SMILES string of the molecule is CC1CCN(c2nc(C(=O)Nc3cccc4c3CCCC4)c(C(C)C)s2)CC1.O=C(O)C(F)(F)F. The topological polar surface area (TPSA) is 82.5 Å². The number of nitrogens with zero attached hydrogens (tertiary/aromatic N) is 2. The van der Waals surface area contributed by atoms with Gasteiger partial charge in [0, 0.05) is 23.7 Å². The van der Waals surface area contributed by atoms with E-state index in [1.54, 1.807) is 11.3 Å². The van der Waals surface area contributed by atoms with Crippen molar-refractivity contribution >= 4 is 34.0 Å². The molecule has 0 saturated carbocycles. The van der Waals surface area contributed by atoms with Gasteiger partial charge >= 0.3 is 12.1 Å². The van der Waals surface area contributed by atoms with Crippen LogP contribution in [-0.4, -0.2) is 41.2 Å². The van der Waals surface area contributed by atoms with Crippen LogP contribution in [0.4, 0.5) is 24.0 Å². The smallest absolute Gasteiger partial charge is 0.475 e. The molecule has 0 radical (unpaired) electrons. The van der Waals surface area contributed by atoms with E-state index in [9.17, 15) is 18.0 Å². The molecule has 6 nitrogen and oxygen atoms in total. The molecule has 2 aliphatic rings. The van der Waals surface area contributed by atoms with Crippen LogP contribution < -0.4 is 10.2 Å². The molecule has 4 rings (SSSR count). The lowest BCUT2D eigenvalue weighted by molar-refractivity contribution is -0.192. The molecule has 0 spiro atoms. The zero-order valence-corrected chi connectivity index (χ0v) is 21.1. The molecule has 2 heterocycles. The van der Waals surface area contributed by atoms with Gasteiger partial charge in [-0.2, -0.15) is 13.2 Å². The van der Waals surface area contributed by atoms with Crippen molar-refractivity contribution in [2.45, 2.75) is 71.4 Å². The summed E-state index contributed by atoms with van der Waals surface area (Å²) in [5.41, 5.74) is 4.28. The van der Waals surface area contributed by atoms with Gasteiger partial charge in [-0.15, -0.1) is 11.3 Å². The summed E-state index contributed by atoms with van der Waals surface area (Å²) < 4.78 is 31.7. The maximum absolute atomic E-state index is 13.2. The lowest BCUT2D eigenvalue weighted by Crippen LogP contribution is -2.32. The maximum atomic E-state index is 13.2. The Morgan fingerprint density at radius 1 is 1.17 bits per heavy atom. The predicted molar refractivity (Wildman–Crippen MR) is 132 cm³/mol. The molecule has 1 aromatic heterocycles. The Kier molecular flexibility index (Phi) is 8.79. The molecule has 35 heavy (non-hydrogen) atoms. The number of piperidine rings is 1. The quantitative estimate of drug-likeness (QED) is 0.506. The summed E-state index contributed by atoms with van der Waals surface area (Å²) in [6.45, 7) is 8.70. The van der Waals surface area contributed by atoms with E-state index in [1.807, 2.05) is 6.07 Å². The molecule has 192 valence electrons. The van der Waals surface area contributed by atoms with Gasteiger partial charge in [0.1, 0.15) is 5.69 Å². The van der Waals surface area contributed by atoms with Crippen molar-refractivity contribution in [2.24, 2.45) is 5.92 Å². The predicted octanol–water partition coefficient (Wildman–Crippen LogP) is 6.27. The lowest BCUT2D eigenvalue weighted by atomic mass is 9.90. The summed E-state index contributed by atoms with van der Waals surface area (Å²) in [6, 6.07) is 6.29. The first-order chi connectivity index (χ1) is 16.5. The molecule has 0 unspecified atom stereocenters. The van der Waals surface area contributed by atoms with Gasteiger partial charge in [-0.05, 0) is 67.6 Å². The highest BCUT2D eigenvalue weighted by atomic mass is 32.1. The molecular formula is C25H32F3N3O3S.